The summed E-state index contributed by atoms with van der Waals surface area (Å²) < 4.78 is 0. The summed E-state index contributed by atoms with van der Waals surface area (Å²) in [5.41, 5.74) is 1.20. The lowest BCUT2D eigenvalue weighted by molar-refractivity contribution is 0.198. The standard InChI is InChI=1S/C8H10NOS/c10-8-1-3-9(5-8)7-2-4-11-6-7/h2,6,8,10H,1,3,5H2. The van der Waals surface area contributed by atoms with Gasteiger partial charge in [-0.15, -0.1) is 11.3 Å². The van der Waals surface area contributed by atoms with Gasteiger partial charge in [-0.1, -0.05) is 0 Å². The molecule has 59 valence electrons. The largest absolute Gasteiger partial charge is 0.391 e. The van der Waals surface area contributed by atoms with Gasteiger partial charge in [0, 0.05) is 29.5 Å². The quantitative estimate of drug-likeness (QED) is 0.679. The zero-order valence-electron chi connectivity index (χ0n) is 6.16. The minimum Gasteiger partial charge on any atom is -0.391 e. The van der Waals surface area contributed by atoms with Crippen LogP contribution < -0.4 is 4.90 Å². The Morgan fingerprint density at radius 3 is 3.18 bits per heavy atom. The van der Waals surface area contributed by atoms with Gasteiger partial charge in [0.25, 0.3) is 0 Å². The van der Waals surface area contributed by atoms with Crippen LogP contribution in [0.2, 0.25) is 0 Å². The van der Waals surface area contributed by atoms with Gasteiger partial charge in [0.2, 0.25) is 0 Å². The number of nitrogens with zero attached hydrogens (tertiary/aromatic N) is 1. The Hall–Kier alpha value is -0.540. The van der Waals surface area contributed by atoms with Crippen LogP contribution in [0, 0.1) is 5.38 Å². The Balaban J connectivity index is 2.08. The fourth-order valence-electron chi connectivity index (χ4n) is 1.36. The maximum absolute atomic E-state index is 9.25. The fraction of sp³-hybridized carbons (Fsp3) is 0.500. The van der Waals surface area contributed by atoms with Crippen molar-refractivity contribution in [2.45, 2.75) is 12.5 Å². The number of rotatable bonds is 1. The van der Waals surface area contributed by atoms with Crippen LogP contribution in [0.1, 0.15) is 6.42 Å². The van der Waals surface area contributed by atoms with Gasteiger partial charge in [-0.3, -0.25) is 0 Å². The normalized spacial score (nSPS) is 24.5. The van der Waals surface area contributed by atoms with Gasteiger partial charge in [0.05, 0.1) is 6.10 Å². The molecule has 0 aliphatic carbocycles. The average molecular weight is 168 g/mol. The molecule has 1 aromatic rings. The van der Waals surface area contributed by atoms with E-state index in [2.05, 4.69) is 15.7 Å². The summed E-state index contributed by atoms with van der Waals surface area (Å²) in [6.45, 7) is 1.76. The highest BCUT2D eigenvalue weighted by Crippen LogP contribution is 2.21. The highest BCUT2D eigenvalue weighted by Gasteiger charge is 2.20. The molecule has 0 spiro atoms. The SMILES string of the molecule is OC1CCN(c2c[c]sc2)C1. The van der Waals surface area contributed by atoms with Gasteiger partial charge >= 0.3 is 0 Å². The Morgan fingerprint density at radius 2 is 2.64 bits per heavy atom. The van der Waals surface area contributed by atoms with E-state index in [0.717, 1.165) is 19.5 Å². The van der Waals surface area contributed by atoms with Crippen molar-refractivity contribution >= 4 is 17.0 Å². The lowest BCUT2D eigenvalue weighted by Crippen LogP contribution is -2.20. The third kappa shape index (κ3) is 1.39. The van der Waals surface area contributed by atoms with Crippen LogP contribution in [0.25, 0.3) is 0 Å². The fourth-order valence-corrected chi connectivity index (χ4v) is 1.96. The topological polar surface area (TPSA) is 23.5 Å². The molecule has 1 fully saturated rings. The molecular weight excluding hydrogens is 158 g/mol. The van der Waals surface area contributed by atoms with Gasteiger partial charge in [0.15, 0.2) is 0 Å². The smallest absolute Gasteiger partial charge is 0.0731 e. The summed E-state index contributed by atoms with van der Waals surface area (Å²) in [4.78, 5) is 2.19. The lowest BCUT2D eigenvalue weighted by atomic mass is 10.3. The number of hydrogen-bond donors (Lipinski definition) is 1. The molecule has 1 unspecified atom stereocenters. The first-order valence-corrected chi connectivity index (χ1v) is 4.62. The van der Waals surface area contributed by atoms with Crippen molar-refractivity contribution in [3.8, 4) is 0 Å². The van der Waals surface area contributed by atoms with Gasteiger partial charge in [-0.05, 0) is 12.5 Å². The minimum absolute atomic E-state index is 0.130. The molecule has 1 atom stereocenters. The molecule has 2 rings (SSSR count). The maximum Gasteiger partial charge on any atom is 0.0731 e. The molecule has 0 bridgehead atoms. The van der Waals surface area contributed by atoms with Crippen LogP contribution in [-0.2, 0) is 0 Å². The third-order valence-corrected chi connectivity index (χ3v) is 2.60. The molecule has 1 aliphatic rings. The zero-order valence-corrected chi connectivity index (χ0v) is 6.97. The van der Waals surface area contributed by atoms with Gasteiger partial charge in [-0.25, -0.2) is 0 Å². The summed E-state index contributed by atoms with van der Waals surface area (Å²) >= 11 is 1.58. The molecule has 1 N–H and O–H groups in total. The maximum atomic E-state index is 9.25. The summed E-state index contributed by atoms with van der Waals surface area (Å²) in [7, 11) is 0. The van der Waals surface area contributed by atoms with E-state index in [1.54, 1.807) is 11.3 Å². The summed E-state index contributed by atoms with van der Waals surface area (Å²) in [6.07, 6.45) is 0.769. The molecule has 2 nitrogen and oxygen atoms in total. The predicted molar refractivity (Wildman–Crippen MR) is 46.0 cm³/mol. The van der Waals surface area contributed by atoms with E-state index >= 15 is 0 Å². The number of thiophene rings is 1. The van der Waals surface area contributed by atoms with E-state index in [9.17, 15) is 5.11 Å². The molecule has 0 saturated carbocycles. The molecule has 1 aromatic heterocycles. The van der Waals surface area contributed by atoms with Crippen molar-refractivity contribution in [1.29, 1.82) is 0 Å². The minimum atomic E-state index is -0.130. The van der Waals surface area contributed by atoms with Crippen LogP contribution in [-0.4, -0.2) is 24.3 Å². The molecule has 11 heavy (non-hydrogen) atoms. The number of hydrogen-bond acceptors (Lipinski definition) is 3. The Kier molecular flexibility index (Phi) is 1.84. The Bertz CT molecular complexity index is 222. The zero-order chi connectivity index (χ0) is 7.68. The number of β-amino-alcohol motifs (C(OH)–C–C–N with tert-alkyl or cyclic N) is 1. The van der Waals surface area contributed by atoms with Crippen LogP contribution in [0.15, 0.2) is 11.4 Å². The van der Waals surface area contributed by atoms with Crippen molar-refractivity contribution in [1.82, 2.24) is 0 Å². The monoisotopic (exact) mass is 168 g/mol. The summed E-state index contributed by atoms with van der Waals surface area (Å²) in [5, 5.41) is 14.4. The predicted octanol–water partition coefficient (Wildman–Crippen LogP) is 1.12. The van der Waals surface area contributed by atoms with Gasteiger partial charge < -0.3 is 10.0 Å². The highest BCUT2D eigenvalue weighted by molar-refractivity contribution is 7.07. The summed E-state index contributed by atoms with van der Waals surface area (Å²) in [6, 6.07) is 1.97. The van der Waals surface area contributed by atoms with Crippen molar-refractivity contribution in [2.75, 3.05) is 18.0 Å². The second kappa shape index (κ2) is 2.83. The van der Waals surface area contributed by atoms with Crippen molar-refractivity contribution in [3.05, 3.63) is 16.8 Å². The van der Waals surface area contributed by atoms with E-state index in [1.165, 1.54) is 5.69 Å². The molecule has 2 heterocycles. The van der Waals surface area contributed by atoms with Crippen LogP contribution >= 0.6 is 11.3 Å². The lowest BCUT2D eigenvalue weighted by Gasteiger charge is -2.14. The van der Waals surface area contributed by atoms with Crippen molar-refractivity contribution in [3.63, 3.8) is 0 Å². The van der Waals surface area contributed by atoms with E-state index in [4.69, 9.17) is 0 Å². The molecule has 0 aromatic carbocycles. The first-order chi connectivity index (χ1) is 5.36. The molecule has 1 radical (unpaired) electrons. The molecule has 1 aliphatic heterocycles. The molecular formula is C8H10NOS. The van der Waals surface area contributed by atoms with E-state index in [-0.39, 0.29) is 6.10 Å². The van der Waals surface area contributed by atoms with E-state index < -0.39 is 0 Å². The van der Waals surface area contributed by atoms with Crippen LogP contribution in [0.4, 0.5) is 5.69 Å². The van der Waals surface area contributed by atoms with E-state index in [0.29, 0.717) is 0 Å². The van der Waals surface area contributed by atoms with Gasteiger partial charge in [0.1, 0.15) is 0 Å². The van der Waals surface area contributed by atoms with Crippen molar-refractivity contribution in [2.24, 2.45) is 0 Å². The summed E-state index contributed by atoms with van der Waals surface area (Å²) in [5.74, 6) is 0. The third-order valence-electron chi connectivity index (χ3n) is 1.98. The number of aliphatic hydroxyl groups is 1. The van der Waals surface area contributed by atoms with Crippen LogP contribution in [0.3, 0.4) is 0 Å². The number of anilines is 1. The first kappa shape index (κ1) is 7.13. The number of aliphatic hydroxyl groups excluding tert-OH is 1. The van der Waals surface area contributed by atoms with Crippen molar-refractivity contribution < 1.29 is 5.11 Å². The first-order valence-electron chi connectivity index (χ1n) is 3.74. The second-order valence-corrected chi connectivity index (χ2v) is 3.52. The molecule has 3 heteroatoms. The molecule has 1 saturated heterocycles. The average Bonchev–Trinajstić information content (AvgIpc) is 2.55. The molecule has 0 amide bonds. The second-order valence-electron chi connectivity index (χ2n) is 2.81. The van der Waals surface area contributed by atoms with Crippen LogP contribution in [0.5, 0.6) is 0 Å². The Labute approximate surface area is 70.1 Å². The van der Waals surface area contributed by atoms with Gasteiger partial charge in [-0.2, -0.15) is 0 Å². The van der Waals surface area contributed by atoms with E-state index in [1.807, 2.05) is 6.07 Å². The Morgan fingerprint density at radius 1 is 1.73 bits per heavy atom. The highest BCUT2D eigenvalue weighted by atomic mass is 32.1.